The molecule has 0 fully saturated rings. The van der Waals surface area contributed by atoms with E-state index in [1.807, 2.05) is 91.9 Å². The zero-order chi connectivity index (χ0) is 17.5. The van der Waals surface area contributed by atoms with Gasteiger partial charge in [-0.15, -0.1) is 0 Å². The molecule has 3 nitrogen and oxygen atoms in total. The van der Waals surface area contributed by atoms with Gasteiger partial charge >= 0.3 is 0 Å². The molecule has 0 aliphatic rings. The minimum Gasteiger partial charge on any atom is -0.324 e. The molecule has 0 radical (unpaired) electrons. The Bertz CT molecular complexity index is 798. The molecule has 0 bridgehead atoms. The summed E-state index contributed by atoms with van der Waals surface area (Å²) in [5.41, 5.74) is 4.07. The van der Waals surface area contributed by atoms with Crippen LogP contribution in [0.15, 0.2) is 84.9 Å². The Morgan fingerprint density at radius 2 is 1.44 bits per heavy atom. The molecule has 0 saturated carbocycles. The molecular weight excluding hydrogens is 308 g/mol. The van der Waals surface area contributed by atoms with Gasteiger partial charge in [0.15, 0.2) is 0 Å². The largest absolute Gasteiger partial charge is 0.324 e. The fourth-order valence-corrected chi connectivity index (χ4v) is 2.67. The van der Waals surface area contributed by atoms with Crippen molar-refractivity contribution >= 4 is 11.6 Å². The summed E-state index contributed by atoms with van der Waals surface area (Å²) in [6.07, 6.45) is 0. The number of amides is 1. The number of para-hydroxylation sites is 1. The lowest BCUT2D eigenvalue weighted by Gasteiger charge is -2.19. The average Bonchev–Trinajstić information content (AvgIpc) is 2.65. The van der Waals surface area contributed by atoms with Gasteiger partial charge in [0.1, 0.15) is 6.04 Å². The third-order valence-corrected chi connectivity index (χ3v) is 4.07. The minimum absolute atomic E-state index is 0.0639. The quantitative estimate of drug-likeness (QED) is 0.700. The van der Waals surface area contributed by atoms with E-state index >= 15 is 0 Å². The number of carbonyl (C=O) groups excluding carboxylic acids is 1. The van der Waals surface area contributed by atoms with E-state index in [4.69, 9.17) is 0 Å². The Labute approximate surface area is 148 Å². The van der Waals surface area contributed by atoms with Gasteiger partial charge in [0.05, 0.1) is 0 Å². The smallest absolute Gasteiger partial charge is 0.246 e. The number of benzene rings is 3. The van der Waals surface area contributed by atoms with E-state index in [0.717, 1.165) is 16.8 Å². The molecule has 2 N–H and O–H groups in total. The molecule has 0 heterocycles. The van der Waals surface area contributed by atoms with Crippen LogP contribution in [0.1, 0.15) is 22.7 Å². The van der Waals surface area contributed by atoms with E-state index in [0.29, 0.717) is 6.54 Å². The van der Waals surface area contributed by atoms with Crippen LogP contribution in [-0.4, -0.2) is 5.91 Å². The number of hydrogen-bond acceptors (Lipinski definition) is 2. The number of anilines is 1. The molecule has 1 amide bonds. The fraction of sp³-hybridized carbons (Fsp3) is 0.136. The molecule has 0 aromatic heterocycles. The zero-order valence-corrected chi connectivity index (χ0v) is 14.3. The lowest BCUT2D eigenvalue weighted by Crippen LogP contribution is -2.32. The third kappa shape index (κ3) is 4.78. The molecule has 1 unspecified atom stereocenters. The Morgan fingerprint density at radius 1 is 0.840 bits per heavy atom. The topological polar surface area (TPSA) is 41.1 Å². The minimum atomic E-state index is -0.416. The predicted octanol–water partition coefficient (Wildman–Crippen LogP) is 4.46. The van der Waals surface area contributed by atoms with E-state index in [1.165, 1.54) is 5.56 Å². The van der Waals surface area contributed by atoms with Gasteiger partial charge < -0.3 is 5.32 Å². The van der Waals surface area contributed by atoms with Gasteiger partial charge in [0.25, 0.3) is 0 Å². The number of rotatable bonds is 6. The molecule has 0 aliphatic heterocycles. The van der Waals surface area contributed by atoms with Crippen LogP contribution >= 0.6 is 0 Å². The number of aryl methyl sites for hydroxylation is 1. The lowest BCUT2D eigenvalue weighted by atomic mass is 10.0. The highest BCUT2D eigenvalue weighted by molar-refractivity contribution is 5.95. The first-order valence-corrected chi connectivity index (χ1v) is 8.42. The normalized spacial score (nSPS) is 11.7. The Balaban J connectivity index is 1.78. The van der Waals surface area contributed by atoms with Crippen molar-refractivity contribution in [1.82, 2.24) is 5.32 Å². The van der Waals surface area contributed by atoms with Crippen molar-refractivity contribution in [3.8, 4) is 0 Å². The summed E-state index contributed by atoms with van der Waals surface area (Å²) in [6, 6.07) is 27.3. The summed E-state index contributed by atoms with van der Waals surface area (Å²) in [5.74, 6) is -0.0639. The van der Waals surface area contributed by atoms with Crippen LogP contribution in [0.2, 0.25) is 0 Å². The SMILES string of the molecule is Cc1ccc(C(NCc2ccccc2)C(=O)Nc2ccccc2)cc1. The standard InChI is InChI=1S/C22H22N2O/c1-17-12-14-19(15-13-17)21(23-16-18-8-4-2-5-9-18)22(25)24-20-10-6-3-7-11-20/h2-15,21,23H,16H2,1H3,(H,24,25). The van der Waals surface area contributed by atoms with E-state index in [1.54, 1.807) is 0 Å². The van der Waals surface area contributed by atoms with E-state index in [-0.39, 0.29) is 5.91 Å². The number of hydrogen-bond donors (Lipinski definition) is 2. The van der Waals surface area contributed by atoms with Crippen molar-refractivity contribution in [3.63, 3.8) is 0 Å². The Hall–Kier alpha value is -2.91. The predicted molar refractivity (Wildman–Crippen MR) is 102 cm³/mol. The van der Waals surface area contributed by atoms with Crippen molar-refractivity contribution in [2.24, 2.45) is 0 Å². The van der Waals surface area contributed by atoms with Gasteiger partial charge in [-0.25, -0.2) is 0 Å². The monoisotopic (exact) mass is 330 g/mol. The average molecular weight is 330 g/mol. The lowest BCUT2D eigenvalue weighted by molar-refractivity contribution is -0.118. The summed E-state index contributed by atoms with van der Waals surface area (Å²) in [7, 11) is 0. The van der Waals surface area contributed by atoms with Gasteiger partial charge in [-0.3, -0.25) is 10.1 Å². The molecule has 25 heavy (non-hydrogen) atoms. The van der Waals surface area contributed by atoms with Crippen LogP contribution in [-0.2, 0) is 11.3 Å². The van der Waals surface area contributed by atoms with Crippen LogP contribution < -0.4 is 10.6 Å². The Morgan fingerprint density at radius 3 is 2.08 bits per heavy atom. The molecule has 3 aromatic rings. The highest BCUT2D eigenvalue weighted by atomic mass is 16.2. The summed E-state index contributed by atoms with van der Waals surface area (Å²) in [6.45, 7) is 2.67. The maximum absolute atomic E-state index is 12.8. The highest BCUT2D eigenvalue weighted by Crippen LogP contribution is 2.18. The van der Waals surface area contributed by atoms with Gasteiger partial charge in [-0.05, 0) is 30.2 Å². The Kier molecular flexibility index (Phi) is 5.60. The van der Waals surface area contributed by atoms with Crippen LogP contribution in [0.3, 0.4) is 0 Å². The molecule has 0 saturated heterocycles. The van der Waals surface area contributed by atoms with Crippen LogP contribution in [0.25, 0.3) is 0 Å². The molecular formula is C22H22N2O. The first kappa shape index (κ1) is 16.9. The summed E-state index contributed by atoms with van der Waals surface area (Å²) in [5, 5.41) is 6.37. The van der Waals surface area contributed by atoms with Crippen molar-refractivity contribution in [3.05, 3.63) is 102 Å². The van der Waals surface area contributed by atoms with Crippen LogP contribution in [0.4, 0.5) is 5.69 Å². The third-order valence-electron chi connectivity index (χ3n) is 4.07. The molecule has 0 spiro atoms. The molecule has 1 atom stereocenters. The van der Waals surface area contributed by atoms with E-state index < -0.39 is 6.04 Å². The van der Waals surface area contributed by atoms with Crippen molar-refractivity contribution < 1.29 is 4.79 Å². The first-order valence-electron chi connectivity index (χ1n) is 8.42. The van der Waals surface area contributed by atoms with Gasteiger partial charge in [0.2, 0.25) is 5.91 Å². The zero-order valence-electron chi connectivity index (χ0n) is 14.3. The van der Waals surface area contributed by atoms with Gasteiger partial charge in [-0.1, -0.05) is 78.4 Å². The summed E-state index contributed by atoms with van der Waals surface area (Å²) >= 11 is 0. The molecule has 3 rings (SSSR count). The summed E-state index contributed by atoms with van der Waals surface area (Å²) < 4.78 is 0. The van der Waals surface area contributed by atoms with Crippen molar-refractivity contribution in [2.75, 3.05) is 5.32 Å². The molecule has 3 heteroatoms. The highest BCUT2D eigenvalue weighted by Gasteiger charge is 2.20. The second-order valence-corrected chi connectivity index (χ2v) is 6.07. The number of carbonyl (C=O) groups is 1. The second-order valence-electron chi connectivity index (χ2n) is 6.07. The molecule has 3 aromatic carbocycles. The van der Waals surface area contributed by atoms with Crippen molar-refractivity contribution in [2.45, 2.75) is 19.5 Å². The van der Waals surface area contributed by atoms with Gasteiger partial charge in [0, 0.05) is 12.2 Å². The summed E-state index contributed by atoms with van der Waals surface area (Å²) in [4.78, 5) is 12.8. The maximum Gasteiger partial charge on any atom is 0.246 e. The van der Waals surface area contributed by atoms with E-state index in [2.05, 4.69) is 10.6 Å². The van der Waals surface area contributed by atoms with Crippen LogP contribution in [0, 0.1) is 6.92 Å². The van der Waals surface area contributed by atoms with E-state index in [9.17, 15) is 4.79 Å². The van der Waals surface area contributed by atoms with Crippen molar-refractivity contribution in [1.29, 1.82) is 0 Å². The fourth-order valence-electron chi connectivity index (χ4n) is 2.67. The first-order chi connectivity index (χ1) is 12.2. The maximum atomic E-state index is 12.8. The molecule has 0 aliphatic carbocycles. The molecule has 126 valence electrons. The van der Waals surface area contributed by atoms with Gasteiger partial charge in [-0.2, -0.15) is 0 Å². The second kappa shape index (κ2) is 8.27. The van der Waals surface area contributed by atoms with Crippen LogP contribution in [0.5, 0.6) is 0 Å². The number of nitrogens with one attached hydrogen (secondary N) is 2.